The van der Waals surface area contributed by atoms with E-state index < -0.39 is 0 Å². The number of carbonyl (C=O) groups is 2. The summed E-state index contributed by atoms with van der Waals surface area (Å²) in [5.74, 6) is 0.233. The fraction of sp³-hybridized carbons (Fsp3) is 0.316. The van der Waals surface area contributed by atoms with E-state index in [9.17, 15) is 9.59 Å². The standard InChI is InChI=1S/C19H20N4O3/c1-22-9-15(10-22)18(24)26-17-4-2-16(3-5-17)21-19(25)23-11-13-6-7-20-8-14(13)12-23/h2-8,15H,9-12H2,1H3,(H,21,25). The molecule has 0 unspecified atom stereocenters. The van der Waals surface area contributed by atoms with Gasteiger partial charge in [0.15, 0.2) is 0 Å². The number of carbonyl (C=O) groups excluding carboxylic acids is 2. The Kier molecular flexibility index (Phi) is 4.30. The molecule has 0 radical (unpaired) electrons. The number of amides is 2. The molecule has 2 aliphatic rings. The molecule has 1 fully saturated rings. The molecule has 1 N–H and O–H groups in total. The zero-order valence-corrected chi connectivity index (χ0v) is 14.5. The van der Waals surface area contributed by atoms with Crippen LogP contribution < -0.4 is 10.1 Å². The predicted octanol–water partition coefficient (Wildman–Crippen LogP) is 2.10. The fourth-order valence-electron chi connectivity index (χ4n) is 3.22. The zero-order valence-electron chi connectivity index (χ0n) is 14.5. The quantitative estimate of drug-likeness (QED) is 0.676. The van der Waals surface area contributed by atoms with Crippen molar-refractivity contribution in [2.45, 2.75) is 13.1 Å². The summed E-state index contributed by atoms with van der Waals surface area (Å²) in [5, 5.41) is 2.87. The second kappa shape index (κ2) is 6.76. The van der Waals surface area contributed by atoms with Crippen LogP contribution in [0, 0.1) is 5.92 Å². The molecule has 4 rings (SSSR count). The van der Waals surface area contributed by atoms with E-state index in [1.807, 2.05) is 13.1 Å². The summed E-state index contributed by atoms with van der Waals surface area (Å²) < 4.78 is 5.37. The number of hydrogen-bond acceptors (Lipinski definition) is 5. The Morgan fingerprint density at radius 1 is 1.12 bits per heavy atom. The van der Waals surface area contributed by atoms with Gasteiger partial charge in [-0.25, -0.2) is 4.79 Å². The Bertz CT molecular complexity index is 806. The zero-order chi connectivity index (χ0) is 18.1. The van der Waals surface area contributed by atoms with E-state index in [4.69, 9.17) is 4.74 Å². The number of hydrogen-bond donors (Lipinski definition) is 1. The first-order valence-corrected chi connectivity index (χ1v) is 8.56. The maximum atomic E-state index is 12.4. The van der Waals surface area contributed by atoms with E-state index >= 15 is 0 Å². The van der Waals surface area contributed by atoms with Crippen molar-refractivity contribution in [3.05, 3.63) is 53.9 Å². The normalized spacial score (nSPS) is 16.7. The first kappa shape index (κ1) is 16.5. The van der Waals surface area contributed by atoms with Gasteiger partial charge in [0.05, 0.1) is 5.92 Å². The van der Waals surface area contributed by atoms with E-state index in [0.29, 0.717) is 24.5 Å². The molecule has 0 bridgehead atoms. The van der Waals surface area contributed by atoms with Gasteiger partial charge in [-0.3, -0.25) is 9.78 Å². The molecular formula is C19H20N4O3. The van der Waals surface area contributed by atoms with Crippen molar-refractivity contribution in [1.29, 1.82) is 0 Å². The summed E-state index contributed by atoms with van der Waals surface area (Å²) >= 11 is 0. The monoisotopic (exact) mass is 352 g/mol. The lowest BCUT2D eigenvalue weighted by Gasteiger charge is -2.33. The van der Waals surface area contributed by atoms with Gasteiger partial charge < -0.3 is 19.9 Å². The van der Waals surface area contributed by atoms with Crippen LogP contribution in [0.4, 0.5) is 10.5 Å². The van der Waals surface area contributed by atoms with E-state index in [1.54, 1.807) is 41.6 Å². The van der Waals surface area contributed by atoms with Crippen molar-refractivity contribution in [3.8, 4) is 5.75 Å². The smallest absolute Gasteiger partial charge is 0.322 e. The molecule has 2 amide bonds. The number of rotatable bonds is 3. The number of fused-ring (bicyclic) bond motifs is 1. The van der Waals surface area contributed by atoms with Crippen molar-refractivity contribution in [2.75, 3.05) is 25.5 Å². The highest BCUT2D eigenvalue weighted by Gasteiger charge is 2.31. The highest BCUT2D eigenvalue weighted by Crippen LogP contribution is 2.23. The molecule has 0 spiro atoms. The Morgan fingerprint density at radius 3 is 2.54 bits per heavy atom. The summed E-state index contributed by atoms with van der Waals surface area (Å²) in [5.41, 5.74) is 2.86. The van der Waals surface area contributed by atoms with Gasteiger partial charge in [0.1, 0.15) is 5.75 Å². The van der Waals surface area contributed by atoms with Crippen LogP contribution in [0.15, 0.2) is 42.7 Å². The van der Waals surface area contributed by atoms with Crippen LogP contribution in [-0.4, -0.2) is 46.9 Å². The average Bonchev–Trinajstić information content (AvgIpc) is 3.05. The molecular weight excluding hydrogens is 332 g/mol. The number of aromatic nitrogens is 1. The third-order valence-electron chi connectivity index (χ3n) is 4.74. The second-order valence-corrected chi connectivity index (χ2v) is 6.79. The van der Waals surface area contributed by atoms with E-state index in [0.717, 1.165) is 24.2 Å². The van der Waals surface area contributed by atoms with Crippen LogP contribution in [0.25, 0.3) is 0 Å². The third-order valence-corrected chi connectivity index (χ3v) is 4.74. The number of anilines is 1. The maximum Gasteiger partial charge on any atom is 0.322 e. The number of ether oxygens (including phenoxy) is 1. The van der Waals surface area contributed by atoms with E-state index in [-0.39, 0.29) is 17.9 Å². The van der Waals surface area contributed by atoms with Gasteiger partial charge in [-0.05, 0) is 48.5 Å². The number of benzene rings is 1. The van der Waals surface area contributed by atoms with Gasteiger partial charge in [-0.15, -0.1) is 0 Å². The van der Waals surface area contributed by atoms with Crippen molar-refractivity contribution in [1.82, 2.24) is 14.8 Å². The average molecular weight is 352 g/mol. The Morgan fingerprint density at radius 2 is 1.85 bits per heavy atom. The van der Waals surface area contributed by atoms with Gasteiger partial charge >= 0.3 is 12.0 Å². The first-order chi connectivity index (χ1) is 12.6. The minimum Gasteiger partial charge on any atom is -0.426 e. The van der Waals surface area contributed by atoms with Crippen molar-refractivity contribution in [2.24, 2.45) is 5.92 Å². The molecule has 1 aromatic heterocycles. The fourth-order valence-corrected chi connectivity index (χ4v) is 3.22. The summed E-state index contributed by atoms with van der Waals surface area (Å²) in [6.45, 7) is 2.61. The molecule has 3 heterocycles. The highest BCUT2D eigenvalue weighted by molar-refractivity contribution is 5.89. The van der Waals surface area contributed by atoms with Crippen LogP contribution in [-0.2, 0) is 17.9 Å². The SMILES string of the molecule is CN1CC(C(=O)Oc2ccc(NC(=O)N3Cc4ccncc4C3)cc2)C1. The topological polar surface area (TPSA) is 74.8 Å². The molecule has 26 heavy (non-hydrogen) atoms. The molecule has 134 valence electrons. The Balaban J connectivity index is 1.31. The number of nitrogens with zero attached hydrogens (tertiary/aromatic N) is 3. The molecule has 2 aliphatic heterocycles. The summed E-state index contributed by atoms with van der Waals surface area (Å²) in [6.07, 6.45) is 3.54. The lowest BCUT2D eigenvalue weighted by atomic mass is 10.0. The molecule has 2 aromatic rings. The Labute approximate surface area is 151 Å². The molecule has 7 heteroatoms. The van der Waals surface area contributed by atoms with Gasteiger partial charge in [-0.2, -0.15) is 0 Å². The van der Waals surface area contributed by atoms with Crippen LogP contribution in [0.5, 0.6) is 5.75 Å². The number of urea groups is 1. The van der Waals surface area contributed by atoms with Crippen LogP contribution in [0.3, 0.4) is 0 Å². The second-order valence-electron chi connectivity index (χ2n) is 6.79. The number of nitrogens with one attached hydrogen (secondary N) is 1. The largest absolute Gasteiger partial charge is 0.426 e. The van der Waals surface area contributed by atoms with Crippen molar-refractivity contribution < 1.29 is 14.3 Å². The number of likely N-dealkylation sites (tertiary alicyclic amines) is 1. The predicted molar refractivity (Wildman–Crippen MR) is 95.6 cm³/mol. The minimum absolute atomic E-state index is 0.0503. The van der Waals surface area contributed by atoms with Gasteiger partial charge in [0.25, 0.3) is 0 Å². The minimum atomic E-state index is -0.205. The number of esters is 1. The highest BCUT2D eigenvalue weighted by atomic mass is 16.5. The van der Waals surface area contributed by atoms with E-state index in [1.165, 1.54) is 0 Å². The number of pyridine rings is 1. The third kappa shape index (κ3) is 3.39. The van der Waals surface area contributed by atoms with Crippen LogP contribution in [0.1, 0.15) is 11.1 Å². The molecule has 0 atom stereocenters. The van der Waals surface area contributed by atoms with Crippen molar-refractivity contribution >= 4 is 17.7 Å². The molecule has 1 saturated heterocycles. The lowest BCUT2D eigenvalue weighted by Crippen LogP contribution is -2.49. The van der Waals surface area contributed by atoms with E-state index in [2.05, 4.69) is 15.2 Å². The van der Waals surface area contributed by atoms with Gasteiger partial charge in [-0.1, -0.05) is 0 Å². The molecule has 7 nitrogen and oxygen atoms in total. The first-order valence-electron chi connectivity index (χ1n) is 8.56. The molecule has 0 aliphatic carbocycles. The maximum absolute atomic E-state index is 12.4. The molecule has 1 aromatic carbocycles. The van der Waals surface area contributed by atoms with Gasteiger partial charge in [0.2, 0.25) is 0 Å². The molecule has 0 saturated carbocycles. The summed E-state index contributed by atoms with van der Waals surface area (Å²) in [7, 11) is 1.97. The van der Waals surface area contributed by atoms with Crippen molar-refractivity contribution in [3.63, 3.8) is 0 Å². The van der Waals surface area contributed by atoms with Crippen LogP contribution in [0.2, 0.25) is 0 Å². The lowest BCUT2D eigenvalue weighted by molar-refractivity contribution is -0.143. The summed E-state index contributed by atoms with van der Waals surface area (Å²) in [4.78, 5) is 32.3. The van der Waals surface area contributed by atoms with Gasteiger partial charge in [0, 0.05) is 44.3 Å². The Hall–Kier alpha value is -2.93. The van der Waals surface area contributed by atoms with Crippen LogP contribution >= 0.6 is 0 Å². The summed E-state index contributed by atoms with van der Waals surface area (Å²) in [6, 6.07) is 8.63.